The second-order valence-electron chi connectivity index (χ2n) is 6.98. The highest BCUT2D eigenvalue weighted by atomic mass is 32.2. The van der Waals surface area contributed by atoms with E-state index in [-0.39, 0.29) is 11.9 Å². The third-order valence-corrected chi connectivity index (χ3v) is 6.01. The van der Waals surface area contributed by atoms with Crippen molar-refractivity contribution in [3.63, 3.8) is 0 Å². The first-order valence-corrected chi connectivity index (χ1v) is 10.8. The van der Waals surface area contributed by atoms with Crippen LogP contribution in [0.5, 0.6) is 5.75 Å². The van der Waals surface area contributed by atoms with Crippen molar-refractivity contribution in [2.45, 2.75) is 30.6 Å². The molecule has 3 aromatic rings. The molecular weight excluding hydrogens is 384 g/mol. The van der Waals surface area contributed by atoms with Crippen molar-refractivity contribution >= 4 is 17.5 Å². The van der Waals surface area contributed by atoms with Gasteiger partial charge in [0.15, 0.2) is 10.9 Å². The zero-order valence-electron chi connectivity index (χ0n) is 16.4. The molecule has 29 heavy (non-hydrogen) atoms. The highest BCUT2D eigenvalue weighted by Crippen LogP contribution is 2.29. The number of ketones is 1. The molecule has 0 amide bonds. The Labute approximate surface area is 175 Å². The zero-order chi connectivity index (χ0) is 20.1. The van der Waals surface area contributed by atoms with E-state index in [1.54, 1.807) is 13.2 Å². The first-order chi connectivity index (χ1) is 14.2. The van der Waals surface area contributed by atoms with Crippen molar-refractivity contribution in [1.82, 2.24) is 9.55 Å². The number of hydrogen-bond acceptors (Lipinski definition) is 5. The first-order valence-electron chi connectivity index (χ1n) is 9.77. The molecule has 1 atom stereocenters. The molecule has 1 saturated heterocycles. The lowest BCUT2D eigenvalue weighted by molar-refractivity contribution is 0.0954. The molecule has 2 aromatic carbocycles. The summed E-state index contributed by atoms with van der Waals surface area (Å²) < 4.78 is 13.3. The van der Waals surface area contributed by atoms with Gasteiger partial charge in [-0.2, -0.15) is 0 Å². The van der Waals surface area contributed by atoms with Gasteiger partial charge in [0.25, 0.3) is 0 Å². The second-order valence-corrected chi connectivity index (χ2v) is 7.92. The van der Waals surface area contributed by atoms with Gasteiger partial charge in [0.2, 0.25) is 0 Å². The maximum absolute atomic E-state index is 12.7. The molecule has 0 spiro atoms. The summed E-state index contributed by atoms with van der Waals surface area (Å²) >= 11 is 1.47. The Morgan fingerprint density at radius 2 is 2.10 bits per heavy atom. The summed E-state index contributed by atoms with van der Waals surface area (Å²) in [7, 11) is 1.60. The van der Waals surface area contributed by atoms with Gasteiger partial charge in [-0.3, -0.25) is 4.79 Å². The molecule has 0 N–H and O–H groups in total. The fourth-order valence-electron chi connectivity index (χ4n) is 3.49. The maximum atomic E-state index is 12.7. The molecule has 5 nitrogen and oxygen atoms in total. The molecule has 2 heterocycles. The van der Waals surface area contributed by atoms with Crippen LogP contribution in [0.15, 0.2) is 66.0 Å². The van der Waals surface area contributed by atoms with E-state index in [9.17, 15) is 4.79 Å². The van der Waals surface area contributed by atoms with Crippen molar-refractivity contribution in [1.29, 1.82) is 0 Å². The fourth-order valence-corrected chi connectivity index (χ4v) is 4.37. The Hall–Kier alpha value is -2.57. The lowest BCUT2D eigenvalue weighted by atomic mass is 10.1. The van der Waals surface area contributed by atoms with Gasteiger partial charge in [-0.05, 0) is 30.5 Å². The van der Waals surface area contributed by atoms with Crippen LogP contribution in [0.2, 0.25) is 0 Å². The van der Waals surface area contributed by atoms with Gasteiger partial charge in [-0.1, -0.05) is 54.2 Å². The molecule has 1 aromatic heterocycles. The number of nitrogens with zero attached hydrogens (tertiary/aromatic N) is 2. The third-order valence-electron chi connectivity index (χ3n) is 5.02. The number of benzene rings is 2. The van der Waals surface area contributed by atoms with Gasteiger partial charge in [0.05, 0.1) is 37.4 Å². The summed E-state index contributed by atoms with van der Waals surface area (Å²) in [5, 5.41) is 0.843. The topological polar surface area (TPSA) is 53.3 Å². The Morgan fingerprint density at radius 1 is 1.24 bits per heavy atom. The number of aromatic nitrogens is 2. The normalized spacial score (nSPS) is 16.1. The third kappa shape index (κ3) is 4.71. The SMILES string of the molecule is COc1cccc(C(=O)CSc2ncc(-c3ccccc3)n2C[C@H]2CCCO2)c1. The van der Waals surface area contributed by atoms with Crippen LogP contribution < -0.4 is 4.74 Å². The summed E-state index contributed by atoms with van der Waals surface area (Å²) in [6, 6.07) is 17.5. The molecule has 6 heteroatoms. The monoisotopic (exact) mass is 408 g/mol. The fraction of sp³-hybridized carbons (Fsp3) is 0.304. The number of methoxy groups -OCH3 is 1. The van der Waals surface area contributed by atoms with Crippen molar-refractivity contribution in [3.05, 3.63) is 66.4 Å². The van der Waals surface area contributed by atoms with Gasteiger partial charge in [0, 0.05) is 12.2 Å². The molecule has 1 fully saturated rings. The van der Waals surface area contributed by atoms with Gasteiger partial charge in [-0.15, -0.1) is 0 Å². The van der Waals surface area contributed by atoms with E-state index in [0.29, 0.717) is 17.1 Å². The molecule has 0 aliphatic carbocycles. The molecule has 150 valence electrons. The minimum Gasteiger partial charge on any atom is -0.497 e. The molecule has 4 rings (SSSR count). The Kier molecular flexibility index (Phi) is 6.32. The smallest absolute Gasteiger partial charge is 0.173 e. The second kappa shape index (κ2) is 9.29. The summed E-state index contributed by atoms with van der Waals surface area (Å²) in [5.74, 6) is 1.07. The number of thioether (sulfide) groups is 1. The molecule has 0 saturated carbocycles. The van der Waals surface area contributed by atoms with E-state index in [0.717, 1.165) is 42.4 Å². The summed E-state index contributed by atoms with van der Waals surface area (Å²) in [6.07, 6.45) is 4.23. The van der Waals surface area contributed by atoms with E-state index in [4.69, 9.17) is 9.47 Å². The highest BCUT2D eigenvalue weighted by Gasteiger charge is 2.21. The van der Waals surface area contributed by atoms with Crippen LogP contribution in [0.4, 0.5) is 0 Å². The van der Waals surface area contributed by atoms with Crippen LogP contribution in [0.1, 0.15) is 23.2 Å². The first kappa shape index (κ1) is 19.7. The van der Waals surface area contributed by atoms with Crippen molar-refractivity contribution in [2.24, 2.45) is 0 Å². The number of carbonyl (C=O) groups is 1. The molecule has 0 radical (unpaired) electrons. The lowest BCUT2D eigenvalue weighted by Crippen LogP contribution is -2.17. The Bertz CT molecular complexity index is 965. The molecular formula is C23H24N2O3S. The molecule has 0 bridgehead atoms. The van der Waals surface area contributed by atoms with Gasteiger partial charge < -0.3 is 14.0 Å². The number of ether oxygens (including phenoxy) is 2. The van der Waals surface area contributed by atoms with Gasteiger partial charge >= 0.3 is 0 Å². The van der Waals surface area contributed by atoms with Crippen molar-refractivity contribution in [3.8, 4) is 17.0 Å². The highest BCUT2D eigenvalue weighted by molar-refractivity contribution is 7.99. The zero-order valence-corrected chi connectivity index (χ0v) is 17.2. The number of rotatable bonds is 8. The maximum Gasteiger partial charge on any atom is 0.173 e. The van der Waals surface area contributed by atoms with E-state index in [2.05, 4.69) is 21.7 Å². The predicted octanol–water partition coefficient (Wildman–Crippen LogP) is 4.71. The number of imidazole rings is 1. The van der Waals surface area contributed by atoms with Crippen LogP contribution in [0.25, 0.3) is 11.3 Å². The van der Waals surface area contributed by atoms with E-state index in [1.807, 2.05) is 42.6 Å². The summed E-state index contributed by atoms with van der Waals surface area (Å²) in [4.78, 5) is 17.3. The molecule has 0 unspecified atom stereocenters. The largest absolute Gasteiger partial charge is 0.497 e. The van der Waals surface area contributed by atoms with Crippen LogP contribution in [-0.4, -0.2) is 40.9 Å². The van der Waals surface area contributed by atoms with Gasteiger partial charge in [-0.25, -0.2) is 4.98 Å². The average molecular weight is 409 g/mol. The average Bonchev–Trinajstić information content (AvgIpc) is 3.43. The van der Waals surface area contributed by atoms with Gasteiger partial charge in [0.1, 0.15) is 5.75 Å². The summed E-state index contributed by atoms with van der Waals surface area (Å²) in [5.41, 5.74) is 2.82. The van der Waals surface area contributed by atoms with Crippen molar-refractivity contribution in [2.75, 3.05) is 19.5 Å². The standard InChI is InChI=1S/C23H24N2O3S/c1-27-19-10-5-9-18(13-19)22(26)16-29-23-24-14-21(17-7-3-2-4-8-17)25(23)15-20-11-6-12-28-20/h2-5,7-10,13-14,20H,6,11-12,15-16H2,1H3/t20-/m1/s1. The number of carbonyl (C=O) groups excluding carboxylic acids is 1. The minimum absolute atomic E-state index is 0.0572. The predicted molar refractivity (Wildman–Crippen MR) is 115 cm³/mol. The van der Waals surface area contributed by atoms with Crippen LogP contribution in [0, 0.1) is 0 Å². The number of Topliss-reactive ketones (excluding diaryl/α,β-unsaturated/α-hetero) is 1. The van der Waals surface area contributed by atoms with Crippen LogP contribution >= 0.6 is 11.8 Å². The van der Waals surface area contributed by atoms with Crippen LogP contribution in [0.3, 0.4) is 0 Å². The molecule has 1 aliphatic heterocycles. The van der Waals surface area contributed by atoms with E-state index >= 15 is 0 Å². The van der Waals surface area contributed by atoms with E-state index < -0.39 is 0 Å². The quantitative estimate of drug-likeness (QED) is 0.399. The Morgan fingerprint density at radius 3 is 2.86 bits per heavy atom. The Balaban J connectivity index is 1.54. The van der Waals surface area contributed by atoms with E-state index in [1.165, 1.54) is 11.8 Å². The molecule has 1 aliphatic rings. The van der Waals surface area contributed by atoms with Crippen molar-refractivity contribution < 1.29 is 14.3 Å². The lowest BCUT2D eigenvalue weighted by Gasteiger charge is -2.16. The summed E-state index contributed by atoms with van der Waals surface area (Å²) in [6.45, 7) is 1.57. The minimum atomic E-state index is 0.0572. The van der Waals surface area contributed by atoms with Crippen LogP contribution in [-0.2, 0) is 11.3 Å². The number of hydrogen-bond donors (Lipinski definition) is 0.